The Morgan fingerprint density at radius 3 is 3.31 bits per heavy atom. The molecule has 2 aromatic heterocycles. The zero-order valence-electron chi connectivity index (χ0n) is 9.31. The number of hydrogen-bond donors (Lipinski definition) is 1. The van der Waals surface area contributed by atoms with Gasteiger partial charge in [-0.25, -0.2) is 4.98 Å². The summed E-state index contributed by atoms with van der Waals surface area (Å²) in [5.41, 5.74) is 2.42. The second-order valence-corrected chi connectivity index (χ2v) is 4.14. The fraction of sp³-hybridized carbons (Fsp3) is 0.417. The van der Waals surface area contributed by atoms with Crippen LogP contribution in [0.5, 0.6) is 0 Å². The van der Waals surface area contributed by atoms with Crippen LogP contribution in [-0.2, 0) is 4.74 Å². The maximum Gasteiger partial charge on any atom is 0.132 e. The van der Waals surface area contributed by atoms with Gasteiger partial charge >= 0.3 is 0 Å². The molecule has 0 spiro atoms. The molecule has 3 heterocycles. The molecule has 0 aromatic carbocycles. The lowest BCUT2D eigenvalue weighted by atomic mass is 10.2. The molecule has 1 aliphatic heterocycles. The Hall–Kier alpha value is -1.39. The van der Waals surface area contributed by atoms with Gasteiger partial charge in [-0.05, 0) is 18.6 Å². The van der Waals surface area contributed by atoms with Gasteiger partial charge in [-0.15, -0.1) is 0 Å². The zero-order chi connectivity index (χ0) is 11.0. The Morgan fingerprint density at radius 2 is 2.50 bits per heavy atom. The number of ether oxygens (including phenoxy) is 1. The van der Waals surface area contributed by atoms with Crippen LogP contribution in [0.4, 0.5) is 0 Å². The van der Waals surface area contributed by atoms with E-state index in [0.29, 0.717) is 6.61 Å². The second kappa shape index (κ2) is 3.88. The molecule has 3 rings (SSSR count). The van der Waals surface area contributed by atoms with Crippen LogP contribution < -0.4 is 5.32 Å². The summed E-state index contributed by atoms with van der Waals surface area (Å²) in [5, 5.41) is 3.42. The van der Waals surface area contributed by atoms with Crippen LogP contribution in [-0.4, -0.2) is 29.1 Å². The summed E-state index contributed by atoms with van der Waals surface area (Å²) in [6, 6.07) is 4.36. The van der Waals surface area contributed by atoms with Crippen molar-refractivity contribution in [2.24, 2.45) is 0 Å². The number of nitrogens with zero attached hydrogens (tertiary/aromatic N) is 2. The quantitative estimate of drug-likeness (QED) is 0.782. The smallest absolute Gasteiger partial charge is 0.132 e. The topological polar surface area (TPSA) is 38.6 Å². The van der Waals surface area contributed by atoms with Crippen LogP contribution >= 0.6 is 0 Å². The fourth-order valence-corrected chi connectivity index (χ4v) is 2.17. The lowest BCUT2D eigenvalue weighted by molar-refractivity contribution is 0.0740. The number of hydrogen-bond acceptors (Lipinski definition) is 3. The van der Waals surface area contributed by atoms with Crippen LogP contribution in [0.2, 0.25) is 0 Å². The Labute approximate surface area is 94.3 Å². The van der Waals surface area contributed by atoms with Gasteiger partial charge in [-0.3, -0.25) is 0 Å². The lowest BCUT2D eigenvalue weighted by Crippen LogP contribution is -2.35. The Kier molecular flexibility index (Phi) is 2.38. The number of aryl methyl sites for hydroxylation is 1. The van der Waals surface area contributed by atoms with E-state index < -0.39 is 0 Å². The first-order valence-corrected chi connectivity index (χ1v) is 5.60. The van der Waals surface area contributed by atoms with E-state index >= 15 is 0 Å². The summed E-state index contributed by atoms with van der Waals surface area (Å²) >= 11 is 0. The lowest BCUT2D eigenvalue weighted by Gasteiger charge is -2.22. The fourth-order valence-electron chi connectivity index (χ4n) is 2.17. The van der Waals surface area contributed by atoms with Crippen molar-refractivity contribution in [3.8, 4) is 0 Å². The molecule has 0 amide bonds. The number of aromatic nitrogens is 2. The van der Waals surface area contributed by atoms with E-state index in [4.69, 9.17) is 4.74 Å². The van der Waals surface area contributed by atoms with Gasteiger partial charge < -0.3 is 14.5 Å². The largest absolute Gasteiger partial charge is 0.378 e. The second-order valence-electron chi connectivity index (χ2n) is 4.14. The molecule has 1 aliphatic rings. The highest BCUT2D eigenvalue weighted by molar-refractivity contribution is 5.53. The van der Waals surface area contributed by atoms with Crippen LogP contribution in [0, 0.1) is 6.92 Å². The molecule has 1 unspecified atom stereocenters. The molecule has 84 valence electrons. The van der Waals surface area contributed by atoms with Crippen molar-refractivity contribution in [2.75, 3.05) is 19.8 Å². The van der Waals surface area contributed by atoms with E-state index in [1.54, 1.807) is 0 Å². The van der Waals surface area contributed by atoms with Crippen LogP contribution in [0.25, 0.3) is 5.52 Å². The van der Waals surface area contributed by atoms with Crippen molar-refractivity contribution >= 4 is 5.52 Å². The molecule has 1 atom stereocenters. The summed E-state index contributed by atoms with van der Waals surface area (Å²) in [6.45, 7) is 4.49. The van der Waals surface area contributed by atoms with Gasteiger partial charge in [0.15, 0.2) is 0 Å². The minimum absolute atomic E-state index is 0.207. The van der Waals surface area contributed by atoms with E-state index in [9.17, 15) is 0 Å². The Bertz CT molecular complexity index is 500. The molecule has 16 heavy (non-hydrogen) atoms. The van der Waals surface area contributed by atoms with Crippen LogP contribution in [0.1, 0.15) is 17.4 Å². The van der Waals surface area contributed by atoms with E-state index in [-0.39, 0.29) is 6.04 Å². The summed E-state index contributed by atoms with van der Waals surface area (Å²) in [7, 11) is 0. The van der Waals surface area contributed by atoms with Gasteiger partial charge in [0.25, 0.3) is 0 Å². The van der Waals surface area contributed by atoms with E-state index in [1.807, 2.05) is 6.20 Å². The number of nitrogens with one attached hydrogen (secondary N) is 1. The van der Waals surface area contributed by atoms with E-state index in [0.717, 1.165) is 19.0 Å². The average Bonchev–Trinajstić information content (AvgIpc) is 2.75. The normalized spacial score (nSPS) is 21.4. The van der Waals surface area contributed by atoms with Crippen molar-refractivity contribution in [1.29, 1.82) is 0 Å². The van der Waals surface area contributed by atoms with Crippen molar-refractivity contribution in [2.45, 2.75) is 13.0 Å². The molecule has 4 heteroatoms. The molecule has 1 saturated heterocycles. The molecule has 0 aliphatic carbocycles. The first-order valence-electron chi connectivity index (χ1n) is 5.60. The zero-order valence-corrected chi connectivity index (χ0v) is 9.31. The highest BCUT2D eigenvalue weighted by Crippen LogP contribution is 2.18. The molecule has 0 bridgehead atoms. The summed E-state index contributed by atoms with van der Waals surface area (Å²) in [5.74, 6) is 1.04. The highest BCUT2D eigenvalue weighted by Gasteiger charge is 2.19. The Morgan fingerprint density at radius 1 is 1.56 bits per heavy atom. The third-order valence-electron chi connectivity index (χ3n) is 3.04. The van der Waals surface area contributed by atoms with E-state index in [1.165, 1.54) is 11.1 Å². The molecule has 2 aromatic rings. The molecule has 0 radical (unpaired) electrons. The van der Waals surface area contributed by atoms with Gasteiger partial charge in [-0.1, -0.05) is 6.07 Å². The maximum atomic E-state index is 5.47. The van der Waals surface area contributed by atoms with Crippen molar-refractivity contribution in [3.63, 3.8) is 0 Å². The van der Waals surface area contributed by atoms with Gasteiger partial charge in [-0.2, -0.15) is 0 Å². The number of pyridine rings is 1. The number of fused-ring (bicyclic) bond motifs is 1. The minimum Gasteiger partial charge on any atom is -0.378 e. The summed E-state index contributed by atoms with van der Waals surface area (Å²) in [6.07, 6.45) is 3.99. The standard InChI is InChI=1S/C12H15N3O/c1-9-3-2-5-15-11(9)7-14-12(15)10-8-16-6-4-13-10/h2-3,5,7,10,13H,4,6,8H2,1H3. The van der Waals surface area contributed by atoms with Crippen molar-refractivity contribution < 1.29 is 4.74 Å². The first kappa shape index (κ1) is 9.81. The predicted molar refractivity (Wildman–Crippen MR) is 61.5 cm³/mol. The number of rotatable bonds is 1. The number of imidazole rings is 1. The first-order chi connectivity index (χ1) is 7.86. The molecule has 4 nitrogen and oxygen atoms in total. The number of morpholine rings is 1. The van der Waals surface area contributed by atoms with Gasteiger partial charge in [0.05, 0.1) is 31.0 Å². The third kappa shape index (κ3) is 1.50. The van der Waals surface area contributed by atoms with Gasteiger partial charge in [0.2, 0.25) is 0 Å². The van der Waals surface area contributed by atoms with Crippen LogP contribution in [0.3, 0.4) is 0 Å². The Balaban J connectivity index is 2.06. The third-order valence-corrected chi connectivity index (χ3v) is 3.04. The van der Waals surface area contributed by atoms with Crippen molar-refractivity contribution in [3.05, 3.63) is 35.9 Å². The monoisotopic (exact) mass is 217 g/mol. The molecule has 0 saturated carbocycles. The van der Waals surface area contributed by atoms with Crippen LogP contribution in [0.15, 0.2) is 24.5 Å². The molecular formula is C12H15N3O. The SMILES string of the molecule is Cc1cccn2c(C3COCCN3)ncc12. The predicted octanol–water partition coefficient (Wildman–Crippen LogP) is 1.30. The summed E-state index contributed by atoms with van der Waals surface area (Å²) < 4.78 is 7.61. The average molecular weight is 217 g/mol. The van der Waals surface area contributed by atoms with E-state index in [2.05, 4.69) is 40.0 Å². The molecule has 1 fully saturated rings. The maximum absolute atomic E-state index is 5.47. The van der Waals surface area contributed by atoms with Gasteiger partial charge in [0.1, 0.15) is 5.82 Å². The van der Waals surface area contributed by atoms with Crippen molar-refractivity contribution in [1.82, 2.24) is 14.7 Å². The molecule has 1 N–H and O–H groups in total. The minimum atomic E-state index is 0.207. The highest BCUT2D eigenvalue weighted by atomic mass is 16.5. The molecular weight excluding hydrogens is 202 g/mol. The van der Waals surface area contributed by atoms with Gasteiger partial charge in [0, 0.05) is 12.7 Å². The summed E-state index contributed by atoms with van der Waals surface area (Å²) in [4.78, 5) is 4.50.